The molecule has 0 aliphatic carbocycles. The Labute approximate surface area is 172 Å². The smallest absolute Gasteiger partial charge is 0.294 e. The third kappa shape index (κ3) is 3.77. The Hall–Kier alpha value is -3.65. The Balaban J connectivity index is 1.70. The lowest BCUT2D eigenvalue weighted by atomic mass is 10.2. The van der Waals surface area contributed by atoms with Crippen LogP contribution >= 0.6 is 0 Å². The van der Waals surface area contributed by atoms with Gasteiger partial charge in [0.25, 0.3) is 5.91 Å². The van der Waals surface area contributed by atoms with Gasteiger partial charge < -0.3 is 8.83 Å². The van der Waals surface area contributed by atoms with Gasteiger partial charge >= 0.3 is 0 Å². The summed E-state index contributed by atoms with van der Waals surface area (Å²) in [4.78, 5) is 14.3. The molecule has 0 radical (unpaired) electrons. The van der Waals surface area contributed by atoms with Crippen molar-refractivity contribution in [2.24, 2.45) is 0 Å². The molecule has 0 saturated carbocycles. The number of carbonyl (C=O) groups excluding carboxylic acids is 1. The molecule has 2 aromatic heterocycles. The maximum Gasteiger partial charge on any atom is 0.294 e. The molecule has 4 aromatic rings. The fraction of sp³-hybridized carbons (Fsp3) is 0.0455. The molecule has 0 bridgehead atoms. The second kappa shape index (κ2) is 8.00. The van der Waals surface area contributed by atoms with Gasteiger partial charge in [-0.1, -0.05) is 30.3 Å². The zero-order valence-electron chi connectivity index (χ0n) is 15.6. The first kappa shape index (κ1) is 19.7. The average Bonchev–Trinajstić information content (AvgIpc) is 3.45. The largest absolute Gasteiger partial charge is 0.467 e. The predicted octanol–water partition coefficient (Wildman–Crippen LogP) is 4.69. The summed E-state index contributed by atoms with van der Waals surface area (Å²) in [5.74, 6) is -1.12. The number of carbonyl (C=O) groups is 1. The van der Waals surface area contributed by atoms with E-state index in [0.29, 0.717) is 5.76 Å². The molecule has 1 amide bonds. The molecule has 6 nitrogen and oxygen atoms in total. The van der Waals surface area contributed by atoms with Crippen LogP contribution in [0.15, 0.2) is 104 Å². The Bertz CT molecular complexity index is 1260. The molecule has 0 aliphatic heterocycles. The molecule has 0 spiro atoms. The molecule has 0 aliphatic rings. The average molecular weight is 425 g/mol. The Kier molecular flexibility index (Phi) is 5.24. The lowest BCUT2D eigenvalue weighted by Gasteiger charge is -2.21. The van der Waals surface area contributed by atoms with Crippen molar-refractivity contribution in [1.82, 2.24) is 0 Å². The monoisotopic (exact) mass is 425 g/mol. The Morgan fingerprint density at radius 1 is 0.900 bits per heavy atom. The van der Waals surface area contributed by atoms with Crippen LogP contribution in [0.2, 0.25) is 0 Å². The van der Waals surface area contributed by atoms with Crippen LogP contribution in [0.1, 0.15) is 16.3 Å². The normalized spacial score (nSPS) is 11.4. The number of sulfone groups is 1. The summed E-state index contributed by atoms with van der Waals surface area (Å²) in [6.45, 7) is -0.0613. The van der Waals surface area contributed by atoms with E-state index < -0.39 is 21.6 Å². The SMILES string of the molecule is O=C(c1ccc(S(=O)(=O)c2ccccc2)o1)N(Cc1ccco1)c1ccccc1F. The van der Waals surface area contributed by atoms with E-state index in [0.717, 1.165) is 4.90 Å². The van der Waals surface area contributed by atoms with E-state index in [1.807, 2.05) is 0 Å². The number of nitrogens with zero attached hydrogens (tertiary/aromatic N) is 1. The number of para-hydroxylation sites is 1. The summed E-state index contributed by atoms with van der Waals surface area (Å²) in [5, 5.41) is -0.372. The summed E-state index contributed by atoms with van der Waals surface area (Å²) >= 11 is 0. The standard InChI is InChI=1S/C22H16FNO5S/c23-18-10-4-5-11-19(18)24(15-16-7-6-14-28-16)22(25)20-12-13-21(29-20)30(26,27)17-8-2-1-3-9-17/h1-14H,15H2. The van der Waals surface area contributed by atoms with Gasteiger partial charge in [-0.2, -0.15) is 0 Å². The summed E-state index contributed by atoms with van der Waals surface area (Å²) in [7, 11) is -3.93. The van der Waals surface area contributed by atoms with E-state index in [1.54, 1.807) is 36.4 Å². The van der Waals surface area contributed by atoms with Gasteiger partial charge in [-0.3, -0.25) is 9.69 Å². The lowest BCUT2D eigenvalue weighted by molar-refractivity contribution is 0.0950. The highest BCUT2D eigenvalue weighted by Gasteiger charge is 2.28. The van der Waals surface area contributed by atoms with Crippen molar-refractivity contribution >= 4 is 21.4 Å². The van der Waals surface area contributed by atoms with Gasteiger partial charge in [0, 0.05) is 0 Å². The summed E-state index contributed by atoms with van der Waals surface area (Å²) in [5.41, 5.74) is 0.0165. The van der Waals surface area contributed by atoms with E-state index >= 15 is 0 Å². The van der Waals surface area contributed by atoms with Crippen LogP contribution in [-0.2, 0) is 16.4 Å². The summed E-state index contributed by atoms with van der Waals surface area (Å²) in [6.07, 6.45) is 1.44. The molecular weight excluding hydrogens is 409 g/mol. The molecule has 0 saturated heterocycles. The molecule has 0 fully saturated rings. The van der Waals surface area contributed by atoms with E-state index in [1.165, 1.54) is 48.7 Å². The molecule has 152 valence electrons. The maximum atomic E-state index is 14.4. The molecular formula is C22H16FNO5S. The first-order valence-electron chi connectivity index (χ1n) is 8.95. The molecule has 2 heterocycles. The van der Waals surface area contributed by atoms with Gasteiger partial charge in [-0.25, -0.2) is 12.8 Å². The third-order valence-corrected chi connectivity index (χ3v) is 6.03. The summed E-state index contributed by atoms with van der Waals surface area (Å²) in [6, 6.07) is 19.3. The van der Waals surface area contributed by atoms with Gasteiger partial charge in [-0.15, -0.1) is 0 Å². The van der Waals surface area contributed by atoms with Crippen molar-refractivity contribution in [3.05, 3.63) is 102 Å². The number of hydrogen-bond acceptors (Lipinski definition) is 5. The van der Waals surface area contributed by atoms with Gasteiger partial charge in [0.05, 0.1) is 23.4 Å². The quantitative estimate of drug-likeness (QED) is 0.448. The van der Waals surface area contributed by atoms with E-state index in [-0.39, 0.29) is 28.0 Å². The van der Waals surface area contributed by atoms with Crippen LogP contribution in [0, 0.1) is 5.82 Å². The van der Waals surface area contributed by atoms with E-state index in [2.05, 4.69) is 0 Å². The number of hydrogen-bond donors (Lipinski definition) is 0. The van der Waals surface area contributed by atoms with Gasteiger partial charge in [0.2, 0.25) is 14.9 Å². The highest BCUT2D eigenvalue weighted by molar-refractivity contribution is 7.91. The van der Waals surface area contributed by atoms with Gasteiger partial charge in [-0.05, 0) is 48.5 Å². The van der Waals surface area contributed by atoms with Gasteiger partial charge in [0.15, 0.2) is 5.76 Å². The fourth-order valence-electron chi connectivity index (χ4n) is 2.92. The highest BCUT2D eigenvalue weighted by atomic mass is 32.2. The first-order chi connectivity index (χ1) is 14.5. The van der Waals surface area contributed by atoms with Crippen LogP contribution < -0.4 is 4.90 Å². The topological polar surface area (TPSA) is 80.7 Å². The van der Waals surface area contributed by atoms with Crippen LogP contribution in [0.25, 0.3) is 0 Å². The lowest BCUT2D eigenvalue weighted by Crippen LogP contribution is -2.30. The van der Waals surface area contributed by atoms with Crippen molar-refractivity contribution in [3.63, 3.8) is 0 Å². The fourth-order valence-corrected chi connectivity index (χ4v) is 4.12. The number of benzene rings is 2. The molecule has 4 rings (SSSR count). The first-order valence-corrected chi connectivity index (χ1v) is 10.4. The van der Waals surface area contributed by atoms with Crippen molar-refractivity contribution in [2.75, 3.05) is 4.90 Å². The zero-order valence-corrected chi connectivity index (χ0v) is 16.4. The van der Waals surface area contributed by atoms with E-state index in [9.17, 15) is 17.6 Å². The van der Waals surface area contributed by atoms with Crippen LogP contribution in [-0.4, -0.2) is 14.3 Å². The number of anilines is 1. The second-order valence-electron chi connectivity index (χ2n) is 6.36. The van der Waals surface area contributed by atoms with Crippen molar-refractivity contribution in [3.8, 4) is 0 Å². The van der Waals surface area contributed by atoms with Crippen molar-refractivity contribution in [1.29, 1.82) is 0 Å². The van der Waals surface area contributed by atoms with Crippen LogP contribution in [0.4, 0.5) is 10.1 Å². The number of halogens is 1. The predicted molar refractivity (Wildman–Crippen MR) is 106 cm³/mol. The molecule has 2 aromatic carbocycles. The zero-order chi connectivity index (χ0) is 21.1. The second-order valence-corrected chi connectivity index (χ2v) is 8.24. The van der Waals surface area contributed by atoms with Crippen molar-refractivity contribution < 1.29 is 26.4 Å². The van der Waals surface area contributed by atoms with Crippen LogP contribution in [0.3, 0.4) is 0 Å². The molecule has 8 heteroatoms. The Morgan fingerprint density at radius 3 is 2.33 bits per heavy atom. The minimum absolute atomic E-state index is 0.0165. The number of amides is 1. The highest BCUT2D eigenvalue weighted by Crippen LogP contribution is 2.27. The van der Waals surface area contributed by atoms with Crippen molar-refractivity contribution in [2.45, 2.75) is 16.5 Å². The maximum absolute atomic E-state index is 14.4. The minimum atomic E-state index is -3.93. The Morgan fingerprint density at radius 2 is 1.63 bits per heavy atom. The third-order valence-electron chi connectivity index (χ3n) is 4.39. The van der Waals surface area contributed by atoms with Gasteiger partial charge in [0.1, 0.15) is 11.6 Å². The van der Waals surface area contributed by atoms with E-state index in [4.69, 9.17) is 8.83 Å². The molecule has 30 heavy (non-hydrogen) atoms. The molecule has 0 N–H and O–H groups in total. The summed E-state index contributed by atoms with van der Waals surface area (Å²) < 4.78 is 50.5. The number of furan rings is 2. The number of rotatable bonds is 6. The molecule has 0 unspecified atom stereocenters. The van der Waals surface area contributed by atoms with Crippen LogP contribution in [0.5, 0.6) is 0 Å². The minimum Gasteiger partial charge on any atom is -0.467 e. The molecule has 0 atom stereocenters.